The molecule has 0 radical (unpaired) electrons. The Balaban J connectivity index is 2.36. The number of rotatable bonds is 7. The molecule has 0 atom stereocenters. The van der Waals surface area contributed by atoms with Gasteiger partial charge in [-0.2, -0.15) is 0 Å². The van der Waals surface area contributed by atoms with Crippen molar-refractivity contribution in [1.82, 2.24) is 0 Å². The summed E-state index contributed by atoms with van der Waals surface area (Å²) in [7, 11) is 0. The van der Waals surface area contributed by atoms with Crippen LogP contribution >= 0.6 is 0 Å². The van der Waals surface area contributed by atoms with Gasteiger partial charge in [0, 0.05) is 12.8 Å². The van der Waals surface area contributed by atoms with Crippen molar-refractivity contribution in [3.8, 4) is 0 Å². The minimum absolute atomic E-state index is 0.0674. The zero-order valence-electron chi connectivity index (χ0n) is 14.9. The van der Waals surface area contributed by atoms with Gasteiger partial charge in [0.1, 0.15) is 11.3 Å². The number of hydrogen-bond acceptors (Lipinski definition) is 4. The molecule has 0 aliphatic carbocycles. The predicted molar refractivity (Wildman–Crippen MR) is 96.0 cm³/mol. The highest BCUT2D eigenvalue weighted by atomic mass is 19.2. The molecule has 0 aromatic heterocycles. The average Bonchev–Trinajstić information content (AvgIpc) is 2.69. The molecule has 0 amide bonds. The molecule has 0 spiro atoms. The van der Waals surface area contributed by atoms with Crippen molar-refractivity contribution in [2.75, 3.05) is 13.2 Å². The number of aliphatic hydroxyl groups excluding tert-OH is 1. The fraction of sp³-hybridized carbons (Fsp3) is 0.200. The van der Waals surface area contributed by atoms with E-state index >= 15 is 0 Å². The zero-order chi connectivity index (χ0) is 20.7. The van der Waals surface area contributed by atoms with Crippen LogP contribution in [0.3, 0.4) is 0 Å². The molecule has 148 valence electrons. The first-order valence-corrected chi connectivity index (χ1v) is 8.34. The third-order valence-corrected chi connectivity index (χ3v) is 3.70. The molecule has 0 saturated heterocycles. The molecule has 2 aromatic rings. The zero-order valence-corrected chi connectivity index (χ0v) is 14.9. The molecular weight excluding hydrogens is 378 g/mol. The summed E-state index contributed by atoms with van der Waals surface area (Å²) in [6.07, 6.45) is 1.44. The van der Waals surface area contributed by atoms with Gasteiger partial charge >= 0.3 is 5.97 Å². The number of carbonyl (C=O) groups is 1. The molecule has 0 heterocycles. The molecule has 0 bridgehead atoms. The monoisotopic (exact) mass is 395 g/mol. The number of esters is 1. The van der Waals surface area contributed by atoms with Crippen molar-refractivity contribution in [2.24, 2.45) is 4.99 Å². The lowest BCUT2D eigenvalue weighted by molar-refractivity contribution is -0.137. The summed E-state index contributed by atoms with van der Waals surface area (Å²) in [6.45, 7) is 1.65. The van der Waals surface area contributed by atoms with Crippen molar-refractivity contribution in [3.05, 3.63) is 76.4 Å². The lowest BCUT2D eigenvalue weighted by Gasteiger charge is -2.09. The highest BCUT2D eigenvalue weighted by Gasteiger charge is 2.25. The van der Waals surface area contributed by atoms with E-state index < -0.39 is 46.1 Å². The lowest BCUT2D eigenvalue weighted by atomic mass is 10.1. The number of aliphatic imine (C=N–C) groups is 1. The van der Waals surface area contributed by atoms with Crippen molar-refractivity contribution in [3.63, 3.8) is 0 Å². The van der Waals surface area contributed by atoms with E-state index in [1.807, 2.05) is 30.3 Å². The Bertz CT molecular complexity index is 911. The molecule has 0 fully saturated rings. The van der Waals surface area contributed by atoms with Crippen molar-refractivity contribution in [1.29, 1.82) is 0 Å². The maximum Gasteiger partial charge on any atom is 0.343 e. The van der Waals surface area contributed by atoms with Crippen LogP contribution in [0, 0.1) is 23.3 Å². The normalized spacial score (nSPS) is 12.2. The fourth-order valence-electron chi connectivity index (χ4n) is 2.30. The van der Waals surface area contributed by atoms with E-state index in [0.717, 1.165) is 11.8 Å². The van der Waals surface area contributed by atoms with Gasteiger partial charge in [-0.1, -0.05) is 30.3 Å². The molecule has 0 aliphatic heterocycles. The Labute approximate surface area is 158 Å². The van der Waals surface area contributed by atoms with Gasteiger partial charge in [0.15, 0.2) is 23.3 Å². The van der Waals surface area contributed by atoms with Crippen molar-refractivity contribution < 1.29 is 32.2 Å². The summed E-state index contributed by atoms with van der Waals surface area (Å²) in [5.74, 6) is -9.88. The minimum atomic E-state index is -2.11. The molecule has 2 aromatic carbocycles. The number of aliphatic hydroxyl groups is 1. The molecule has 4 nitrogen and oxygen atoms in total. The van der Waals surface area contributed by atoms with Crippen LogP contribution in [0.5, 0.6) is 0 Å². The summed E-state index contributed by atoms with van der Waals surface area (Å²) in [4.78, 5) is 16.0. The summed E-state index contributed by atoms with van der Waals surface area (Å²) in [5, 5.41) is 10.2. The summed E-state index contributed by atoms with van der Waals surface area (Å²) in [6, 6.07) is 9.52. The van der Waals surface area contributed by atoms with E-state index in [1.54, 1.807) is 0 Å². The average molecular weight is 395 g/mol. The van der Waals surface area contributed by atoms with Gasteiger partial charge in [0.25, 0.3) is 0 Å². The first-order chi connectivity index (χ1) is 13.4. The number of nitrogens with zero attached hydrogens (tertiary/aromatic N) is 1. The first-order valence-electron chi connectivity index (χ1n) is 8.34. The number of benzene rings is 2. The van der Waals surface area contributed by atoms with Gasteiger partial charge in [0.2, 0.25) is 0 Å². The SMILES string of the molecule is CCOC(=O)C(C=NCCc1ccccc1)=C(O)c1cc(F)c(F)c(F)c1F. The second-order valence-corrected chi connectivity index (χ2v) is 5.60. The van der Waals surface area contributed by atoms with Crippen LogP contribution in [0.4, 0.5) is 17.6 Å². The molecule has 0 unspecified atom stereocenters. The van der Waals surface area contributed by atoms with E-state index in [-0.39, 0.29) is 19.2 Å². The Hall–Kier alpha value is -3.16. The van der Waals surface area contributed by atoms with Crippen LogP contribution in [-0.4, -0.2) is 30.4 Å². The summed E-state index contributed by atoms with van der Waals surface area (Å²) >= 11 is 0. The van der Waals surface area contributed by atoms with E-state index in [0.29, 0.717) is 6.42 Å². The molecule has 28 heavy (non-hydrogen) atoms. The van der Waals surface area contributed by atoms with Gasteiger partial charge in [-0.15, -0.1) is 0 Å². The van der Waals surface area contributed by atoms with E-state index in [4.69, 9.17) is 4.74 Å². The van der Waals surface area contributed by atoms with Crippen LogP contribution in [-0.2, 0) is 16.0 Å². The quantitative estimate of drug-likeness (QED) is 0.144. The summed E-state index contributed by atoms with van der Waals surface area (Å²) < 4.78 is 58.7. The third-order valence-electron chi connectivity index (χ3n) is 3.70. The number of ether oxygens (including phenoxy) is 1. The van der Waals surface area contributed by atoms with Crippen LogP contribution in [0.1, 0.15) is 18.1 Å². The van der Waals surface area contributed by atoms with Gasteiger partial charge in [0.05, 0.1) is 12.2 Å². The molecule has 0 aliphatic rings. The number of carbonyl (C=O) groups excluding carboxylic acids is 1. The Morgan fingerprint density at radius 2 is 1.79 bits per heavy atom. The van der Waals surface area contributed by atoms with Gasteiger partial charge in [-0.3, -0.25) is 4.99 Å². The van der Waals surface area contributed by atoms with Gasteiger partial charge in [-0.25, -0.2) is 22.4 Å². The van der Waals surface area contributed by atoms with Gasteiger partial charge < -0.3 is 9.84 Å². The second kappa shape index (κ2) is 9.68. The highest BCUT2D eigenvalue weighted by Crippen LogP contribution is 2.25. The van der Waals surface area contributed by atoms with Crippen molar-refractivity contribution >= 4 is 17.9 Å². The van der Waals surface area contributed by atoms with E-state index in [2.05, 4.69) is 4.99 Å². The van der Waals surface area contributed by atoms with Gasteiger partial charge in [-0.05, 0) is 25.0 Å². The van der Waals surface area contributed by atoms with Crippen LogP contribution in [0.25, 0.3) is 5.76 Å². The van der Waals surface area contributed by atoms with E-state index in [9.17, 15) is 27.5 Å². The predicted octanol–water partition coefficient (Wildman–Crippen LogP) is 4.39. The molecule has 2 rings (SSSR count). The van der Waals surface area contributed by atoms with Crippen LogP contribution in [0.15, 0.2) is 47.0 Å². The first kappa shape index (κ1) is 21.1. The third kappa shape index (κ3) is 4.97. The number of hydrogen-bond donors (Lipinski definition) is 1. The fourth-order valence-corrected chi connectivity index (χ4v) is 2.30. The number of halogens is 4. The maximum absolute atomic E-state index is 13.9. The highest BCUT2D eigenvalue weighted by molar-refractivity contribution is 6.15. The topological polar surface area (TPSA) is 58.9 Å². The van der Waals surface area contributed by atoms with Crippen molar-refractivity contribution in [2.45, 2.75) is 13.3 Å². The summed E-state index contributed by atoms with van der Waals surface area (Å²) in [5.41, 5.74) is -0.660. The maximum atomic E-state index is 13.9. The lowest BCUT2D eigenvalue weighted by Crippen LogP contribution is -2.13. The van der Waals surface area contributed by atoms with Crippen LogP contribution < -0.4 is 0 Å². The molecular formula is C20H17F4NO3. The Morgan fingerprint density at radius 3 is 2.43 bits per heavy atom. The van der Waals surface area contributed by atoms with E-state index in [1.165, 1.54) is 6.92 Å². The molecule has 1 N–H and O–H groups in total. The smallest absolute Gasteiger partial charge is 0.343 e. The largest absolute Gasteiger partial charge is 0.506 e. The van der Waals surface area contributed by atoms with Crippen LogP contribution in [0.2, 0.25) is 0 Å². The standard InChI is InChI=1S/C20H17F4NO3/c1-2-28-20(27)14(11-25-9-8-12-6-4-3-5-7-12)19(26)13-10-15(21)17(23)18(24)16(13)22/h3-7,10-11,26H,2,8-9H2,1H3. The Morgan fingerprint density at radius 1 is 1.11 bits per heavy atom. The molecule has 0 saturated carbocycles. The molecule has 8 heteroatoms. The minimum Gasteiger partial charge on any atom is -0.506 e. The Kier molecular flexibility index (Phi) is 7.31. The second-order valence-electron chi connectivity index (χ2n) is 5.60.